The van der Waals surface area contributed by atoms with Crippen molar-refractivity contribution in [3.05, 3.63) is 63.6 Å². The van der Waals surface area contributed by atoms with E-state index in [9.17, 15) is 4.79 Å². The molecule has 2 aromatic carbocycles. The number of halogens is 2. The molecular formula is C22H25Cl2N3O2. The Kier molecular flexibility index (Phi) is 8.35. The predicted molar refractivity (Wildman–Crippen MR) is 118 cm³/mol. The van der Waals surface area contributed by atoms with Crippen molar-refractivity contribution < 1.29 is 9.53 Å². The average Bonchev–Trinajstić information content (AvgIpc) is 2.73. The number of para-hydroxylation sites is 1. The molecule has 1 fully saturated rings. The van der Waals surface area contributed by atoms with Gasteiger partial charge in [0.05, 0.1) is 12.8 Å². The monoisotopic (exact) mass is 433 g/mol. The topological polar surface area (TPSA) is 62.7 Å². The van der Waals surface area contributed by atoms with E-state index >= 15 is 0 Å². The molecule has 2 N–H and O–H groups in total. The molecule has 0 saturated heterocycles. The highest BCUT2D eigenvalue weighted by molar-refractivity contribution is 6.35. The van der Waals surface area contributed by atoms with Gasteiger partial charge in [0.2, 0.25) is 0 Å². The van der Waals surface area contributed by atoms with Crippen molar-refractivity contribution in [2.45, 2.75) is 44.8 Å². The number of ether oxygens (including phenoxy) is 1. The number of carbonyl (C=O) groups is 1. The molecule has 3 rings (SSSR count). The van der Waals surface area contributed by atoms with E-state index in [0.29, 0.717) is 28.4 Å². The van der Waals surface area contributed by atoms with Crippen molar-refractivity contribution in [2.75, 3.05) is 6.54 Å². The first kappa shape index (κ1) is 21.6. The van der Waals surface area contributed by atoms with Crippen LogP contribution in [0.4, 0.5) is 0 Å². The Balaban J connectivity index is 1.50. The van der Waals surface area contributed by atoms with E-state index < -0.39 is 0 Å². The Morgan fingerprint density at radius 3 is 2.72 bits per heavy atom. The highest BCUT2D eigenvalue weighted by atomic mass is 35.5. The summed E-state index contributed by atoms with van der Waals surface area (Å²) in [5.41, 5.74) is 4.16. The Morgan fingerprint density at radius 2 is 1.93 bits per heavy atom. The number of benzene rings is 2. The van der Waals surface area contributed by atoms with Crippen LogP contribution in [-0.4, -0.2) is 24.7 Å². The molecule has 2 aromatic rings. The molecular weight excluding hydrogens is 409 g/mol. The Bertz CT molecular complexity index is 852. The smallest absolute Gasteiger partial charge is 0.254 e. The van der Waals surface area contributed by atoms with Crippen molar-refractivity contribution in [1.82, 2.24) is 10.7 Å². The highest BCUT2D eigenvalue weighted by Crippen LogP contribution is 2.24. The second-order valence-electron chi connectivity index (χ2n) is 7.07. The zero-order chi connectivity index (χ0) is 20.5. The zero-order valence-electron chi connectivity index (χ0n) is 16.2. The summed E-state index contributed by atoms with van der Waals surface area (Å²) in [6.07, 6.45) is 7.61. The van der Waals surface area contributed by atoms with Crippen LogP contribution in [0.5, 0.6) is 5.75 Å². The summed E-state index contributed by atoms with van der Waals surface area (Å²) in [5.74, 6) is 0.495. The number of nitrogens with zero attached hydrogens (tertiary/aromatic N) is 1. The molecule has 5 nitrogen and oxygen atoms in total. The van der Waals surface area contributed by atoms with Crippen LogP contribution >= 0.6 is 23.2 Å². The lowest BCUT2D eigenvalue weighted by Gasteiger charge is -2.22. The Morgan fingerprint density at radius 1 is 1.14 bits per heavy atom. The van der Waals surface area contributed by atoms with Gasteiger partial charge in [-0.3, -0.25) is 4.79 Å². The van der Waals surface area contributed by atoms with Crippen LogP contribution in [0, 0.1) is 0 Å². The fourth-order valence-corrected chi connectivity index (χ4v) is 3.73. The minimum Gasteiger partial charge on any atom is -0.488 e. The highest BCUT2D eigenvalue weighted by Gasteiger charge is 2.13. The summed E-state index contributed by atoms with van der Waals surface area (Å²) < 4.78 is 5.88. The zero-order valence-corrected chi connectivity index (χ0v) is 17.7. The predicted octanol–water partition coefficient (Wildman–Crippen LogP) is 4.94. The van der Waals surface area contributed by atoms with Gasteiger partial charge in [0.25, 0.3) is 5.91 Å². The molecule has 0 radical (unpaired) electrons. The standard InChI is InChI=1S/C22H25Cl2N3O2/c23-18-11-10-17(20(24)12-18)15-29-21-9-5-4-6-16(21)13-26-27-22(28)14-25-19-7-2-1-3-8-19/h4-6,9-13,19,25H,1-3,7-8,14-15H2,(H,27,28)/b26-13-. The summed E-state index contributed by atoms with van der Waals surface area (Å²) in [6, 6.07) is 13.2. The van der Waals surface area contributed by atoms with Gasteiger partial charge < -0.3 is 10.1 Å². The number of amides is 1. The van der Waals surface area contributed by atoms with E-state index in [-0.39, 0.29) is 12.5 Å². The van der Waals surface area contributed by atoms with E-state index in [0.717, 1.165) is 24.0 Å². The number of nitrogens with one attached hydrogen (secondary N) is 2. The maximum Gasteiger partial charge on any atom is 0.254 e. The molecule has 7 heteroatoms. The normalized spacial score (nSPS) is 14.8. The molecule has 29 heavy (non-hydrogen) atoms. The van der Waals surface area contributed by atoms with Gasteiger partial charge in [-0.1, -0.05) is 60.7 Å². The van der Waals surface area contributed by atoms with Crippen molar-refractivity contribution in [2.24, 2.45) is 5.10 Å². The van der Waals surface area contributed by atoms with Crippen molar-refractivity contribution >= 4 is 35.3 Å². The average molecular weight is 434 g/mol. The molecule has 0 aromatic heterocycles. The number of hydrogen-bond donors (Lipinski definition) is 2. The van der Waals surface area contributed by atoms with E-state index in [2.05, 4.69) is 15.8 Å². The van der Waals surface area contributed by atoms with Gasteiger partial charge in [-0.2, -0.15) is 5.10 Å². The van der Waals surface area contributed by atoms with Crippen molar-refractivity contribution in [3.8, 4) is 5.75 Å². The number of hydrazone groups is 1. The molecule has 0 bridgehead atoms. The third-order valence-corrected chi connectivity index (χ3v) is 5.45. The van der Waals surface area contributed by atoms with Crippen molar-refractivity contribution in [1.29, 1.82) is 0 Å². The maximum absolute atomic E-state index is 12.0. The summed E-state index contributed by atoms with van der Waals surface area (Å²) in [4.78, 5) is 12.0. The van der Waals surface area contributed by atoms with Gasteiger partial charge in [-0.25, -0.2) is 5.43 Å². The quantitative estimate of drug-likeness (QED) is 0.457. The van der Waals surface area contributed by atoms with Gasteiger partial charge in [0, 0.05) is 27.2 Å². The lowest BCUT2D eigenvalue weighted by Crippen LogP contribution is -2.38. The fraction of sp³-hybridized carbons (Fsp3) is 0.364. The molecule has 0 atom stereocenters. The van der Waals surface area contributed by atoms with E-state index in [4.69, 9.17) is 27.9 Å². The summed E-state index contributed by atoms with van der Waals surface area (Å²) >= 11 is 12.1. The summed E-state index contributed by atoms with van der Waals surface area (Å²) in [6.45, 7) is 0.577. The number of hydrogen-bond acceptors (Lipinski definition) is 4. The van der Waals surface area contributed by atoms with Crippen LogP contribution in [0.2, 0.25) is 10.0 Å². The van der Waals surface area contributed by atoms with Crippen LogP contribution in [-0.2, 0) is 11.4 Å². The van der Waals surface area contributed by atoms with Crippen LogP contribution in [0.25, 0.3) is 0 Å². The first-order valence-electron chi connectivity index (χ1n) is 9.83. The first-order chi connectivity index (χ1) is 14.1. The van der Waals surface area contributed by atoms with E-state index in [1.54, 1.807) is 18.3 Å². The van der Waals surface area contributed by atoms with Crippen molar-refractivity contribution in [3.63, 3.8) is 0 Å². The van der Waals surface area contributed by atoms with E-state index in [1.807, 2.05) is 30.3 Å². The van der Waals surface area contributed by atoms with Gasteiger partial charge in [-0.05, 0) is 37.1 Å². The van der Waals surface area contributed by atoms with Gasteiger partial charge in [0.1, 0.15) is 12.4 Å². The molecule has 0 spiro atoms. The summed E-state index contributed by atoms with van der Waals surface area (Å²) in [7, 11) is 0. The molecule has 0 aliphatic heterocycles. The number of carbonyl (C=O) groups excluding carboxylic acids is 1. The molecule has 1 saturated carbocycles. The van der Waals surface area contributed by atoms with Crippen LogP contribution in [0.3, 0.4) is 0 Å². The molecule has 1 aliphatic carbocycles. The van der Waals surface area contributed by atoms with Crippen LogP contribution in [0.1, 0.15) is 43.2 Å². The lowest BCUT2D eigenvalue weighted by molar-refractivity contribution is -0.120. The third kappa shape index (κ3) is 7.03. The summed E-state index contributed by atoms with van der Waals surface area (Å²) in [5, 5.41) is 8.50. The third-order valence-electron chi connectivity index (χ3n) is 4.87. The van der Waals surface area contributed by atoms with Gasteiger partial charge >= 0.3 is 0 Å². The maximum atomic E-state index is 12.0. The Labute approximate surface area is 181 Å². The van der Waals surface area contributed by atoms with Crippen LogP contribution < -0.4 is 15.5 Å². The van der Waals surface area contributed by atoms with Gasteiger partial charge in [-0.15, -0.1) is 0 Å². The number of rotatable bonds is 8. The lowest BCUT2D eigenvalue weighted by atomic mass is 9.95. The SMILES string of the molecule is O=C(CNC1CCCCC1)N/N=C\c1ccccc1OCc1ccc(Cl)cc1Cl. The largest absolute Gasteiger partial charge is 0.488 e. The molecule has 1 aliphatic rings. The minimum absolute atomic E-state index is 0.154. The second kappa shape index (κ2) is 11.2. The Hall–Kier alpha value is -2.08. The fourth-order valence-electron chi connectivity index (χ4n) is 3.27. The van der Waals surface area contributed by atoms with E-state index in [1.165, 1.54) is 19.3 Å². The van der Waals surface area contributed by atoms with Crippen LogP contribution in [0.15, 0.2) is 47.6 Å². The van der Waals surface area contributed by atoms with Gasteiger partial charge in [0.15, 0.2) is 0 Å². The first-order valence-corrected chi connectivity index (χ1v) is 10.6. The second-order valence-corrected chi connectivity index (χ2v) is 7.91. The molecule has 0 heterocycles. The minimum atomic E-state index is -0.154. The molecule has 154 valence electrons. The molecule has 0 unspecified atom stereocenters. The molecule has 1 amide bonds.